The lowest BCUT2D eigenvalue weighted by Gasteiger charge is -2.04. The SMILES string of the molecule is C=C(/C=C\C(=C)OC)CC(=C)/C=C\C(=C)C(C)C. The third-order valence-electron chi connectivity index (χ3n) is 2.50. The van der Waals surface area contributed by atoms with Crippen molar-refractivity contribution in [3.8, 4) is 0 Å². The molecule has 1 heteroatoms. The molecule has 0 radical (unpaired) electrons. The highest BCUT2D eigenvalue weighted by Crippen LogP contribution is 2.14. The first-order valence-corrected chi connectivity index (χ1v) is 6.00. The van der Waals surface area contributed by atoms with Crippen molar-refractivity contribution in [2.24, 2.45) is 5.92 Å². The zero-order valence-electron chi connectivity index (χ0n) is 11.8. The Bertz CT molecular complexity index is 392. The van der Waals surface area contributed by atoms with E-state index in [4.69, 9.17) is 4.74 Å². The largest absolute Gasteiger partial charge is 0.497 e. The number of hydrogen-bond acceptors (Lipinski definition) is 1. The first kappa shape index (κ1) is 16.2. The quantitative estimate of drug-likeness (QED) is 0.432. The lowest BCUT2D eigenvalue weighted by Crippen LogP contribution is -1.88. The summed E-state index contributed by atoms with van der Waals surface area (Å²) in [5.41, 5.74) is 3.08. The Balaban J connectivity index is 4.25. The van der Waals surface area contributed by atoms with Crippen LogP contribution in [0, 0.1) is 5.92 Å². The number of methoxy groups -OCH3 is 1. The Kier molecular flexibility index (Phi) is 7.53. The van der Waals surface area contributed by atoms with Crippen molar-refractivity contribution in [3.05, 3.63) is 73.1 Å². The van der Waals surface area contributed by atoms with Gasteiger partial charge in [0.1, 0.15) is 5.76 Å². The molecule has 0 amide bonds. The summed E-state index contributed by atoms with van der Waals surface area (Å²) in [5.74, 6) is 1.08. The van der Waals surface area contributed by atoms with Crippen molar-refractivity contribution in [2.45, 2.75) is 20.3 Å². The molecule has 0 unspecified atom stereocenters. The highest BCUT2D eigenvalue weighted by molar-refractivity contribution is 5.32. The Hall–Kier alpha value is -1.76. The summed E-state index contributed by atoms with van der Waals surface area (Å²) < 4.78 is 4.94. The second kappa shape index (κ2) is 8.35. The van der Waals surface area contributed by atoms with Crippen LogP contribution in [0.4, 0.5) is 0 Å². The number of hydrogen-bond donors (Lipinski definition) is 0. The first-order valence-electron chi connectivity index (χ1n) is 6.00. The zero-order valence-corrected chi connectivity index (χ0v) is 11.8. The molecule has 0 spiro atoms. The Morgan fingerprint density at radius 1 is 0.944 bits per heavy atom. The third kappa shape index (κ3) is 7.50. The van der Waals surface area contributed by atoms with E-state index in [1.165, 1.54) is 0 Å². The maximum Gasteiger partial charge on any atom is 0.111 e. The van der Waals surface area contributed by atoms with Gasteiger partial charge in [0, 0.05) is 0 Å². The van der Waals surface area contributed by atoms with Crippen LogP contribution in [0.2, 0.25) is 0 Å². The van der Waals surface area contributed by atoms with Crippen LogP contribution in [0.25, 0.3) is 0 Å². The molecule has 0 saturated heterocycles. The first-order chi connectivity index (χ1) is 8.36. The molecule has 0 atom stereocenters. The second-order valence-electron chi connectivity index (χ2n) is 4.56. The van der Waals surface area contributed by atoms with E-state index in [0.29, 0.717) is 11.7 Å². The summed E-state index contributed by atoms with van der Waals surface area (Å²) in [6.45, 7) is 19.9. The highest BCUT2D eigenvalue weighted by atomic mass is 16.5. The van der Waals surface area contributed by atoms with Crippen molar-refractivity contribution in [1.29, 1.82) is 0 Å². The van der Waals surface area contributed by atoms with Crippen LogP contribution in [-0.2, 0) is 4.74 Å². The molecule has 0 rings (SSSR count). The second-order valence-corrected chi connectivity index (χ2v) is 4.56. The van der Waals surface area contributed by atoms with Crippen LogP contribution in [0.1, 0.15) is 20.3 Å². The van der Waals surface area contributed by atoms with Crippen molar-refractivity contribution in [3.63, 3.8) is 0 Å². The van der Waals surface area contributed by atoms with Gasteiger partial charge in [0.25, 0.3) is 0 Å². The normalized spacial score (nSPS) is 11.1. The van der Waals surface area contributed by atoms with Gasteiger partial charge < -0.3 is 4.74 Å². The molecule has 0 aromatic rings. The third-order valence-corrected chi connectivity index (χ3v) is 2.50. The molecule has 0 N–H and O–H groups in total. The average molecular weight is 244 g/mol. The minimum Gasteiger partial charge on any atom is -0.497 e. The van der Waals surface area contributed by atoms with Gasteiger partial charge in [-0.2, -0.15) is 0 Å². The van der Waals surface area contributed by atoms with Gasteiger partial charge in [-0.1, -0.05) is 75.1 Å². The van der Waals surface area contributed by atoms with E-state index < -0.39 is 0 Å². The summed E-state index contributed by atoms with van der Waals surface area (Å²) in [5, 5.41) is 0. The van der Waals surface area contributed by atoms with E-state index in [-0.39, 0.29) is 0 Å². The molecule has 0 aromatic heterocycles. The molecule has 1 nitrogen and oxygen atoms in total. The fourth-order valence-corrected chi connectivity index (χ4v) is 1.11. The van der Waals surface area contributed by atoms with Gasteiger partial charge in [-0.25, -0.2) is 0 Å². The van der Waals surface area contributed by atoms with Crippen molar-refractivity contribution in [2.75, 3.05) is 7.11 Å². The Morgan fingerprint density at radius 2 is 1.44 bits per heavy atom. The van der Waals surface area contributed by atoms with Gasteiger partial charge in [0.2, 0.25) is 0 Å². The molecule has 0 saturated carbocycles. The van der Waals surface area contributed by atoms with E-state index in [0.717, 1.165) is 23.1 Å². The molecule has 0 fully saturated rings. The highest BCUT2D eigenvalue weighted by Gasteiger charge is 1.96. The molecule has 0 heterocycles. The van der Waals surface area contributed by atoms with Gasteiger partial charge in [0.05, 0.1) is 7.11 Å². The lowest BCUT2D eigenvalue weighted by molar-refractivity contribution is 0.309. The molecule has 0 aliphatic rings. The average Bonchev–Trinajstić information content (AvgIpc) is 2.32. The van der Waals surface area contributed by atoms with E-state index in [1.807, 2.05) is 18.2 Å². The summed E-state index contributed by atoms with van der Waals surface area (Å²) in [6.07, 6.45) is 8.43. The minimum absolute atomic E-state index is 0.460. The predicted octanol–water partition coefficient (Wildman–Crippen LogP) is 4.97. The van der Waals surface area contributed by atoms with Crippen LogP contribution in [0.15, 0.2) is 73.1 Å². The van der Waals surface area contributed by atoms with Crippen molar-refractivity contribution < 1.29 is 4.74 Å². The van der Waals surface area contributed by atoms with Crippen LogP contribution in [0.3, 0.4) is 0 Å². The maximum atomic E-state index is 4.94. The fraction of sp³-hybridized carbons (Fsp3) is 0.294. The van der Waals surface area contributed by atoms with Crippen LogP contribution in [-0.4, -0.2) is 7.11 Å². The maximum absolute atomic E-state index is 4.94. The molecular formula is C17H24O. The molecule has 0 aliphatic heterocycles. The molecular weight excluding hydrogens is 220 g/mol. The Labute approximate surface area is 112 Å². The molecule has 0 aromatic carbocycles. The standard InChI is InChI=1S/C17H24O/c1-13(2)16(5)10-8-14(3)12-15(4)9-11-17(6)18-7/h8-11,13H,3-6,12H2,1-2,7H3/b10-8-,11-9-. The van der Waals surface area contributed by atoms with E-state index in [2.05, 4.69) is 40.2 Å². The monoisotopic (exact) mass is 244 g/mol. The molecule has 0 bridgehead atoms. The van der Waals surface area contributed by atoms with Crippen LogP contribution >= 0.6 is 0 Å². The lowest BCUT2D eigenvalue weighted by atomic mass is 10.0. The smallest absolute Gasteiger partial charge is 0.111 e. The van der Waals surface area contributed by atoms with E-state index >= 15 is 0 Å². The van der Waals surface area contributed by atoms with Gasteiger partial charge in [-0.05, 0) is 18.4 Å². The van der Waals surface area contributed by atoms with Gasteiger partial charge >= 0.3 is 0 Å². The number of rotatable bonds is 8. The van der Waals surface area contributed by atoms with E-state index in [1.54, 1.807) is 13.2 Å². The zero-order chi connectivity index (χ0) is 14.1. The summed E-state index contributed by atoms with van der Waals surface area (Å²) in [6, 6.07) is 0. The Morgan fingerprint density at radius 3 is 1.89 bits per heavy atom. The van der Waals surface area contributed by atoms with Crippen molar-refractivity contribution in [1.82, 2.24) is 0 Å². The van der Waals surface area contributed by atoms with Crippen molar-refractivity contribution >= 4 is 0 Å². The predicted molar refractivity (Wildman–Crippen MR) is 81.3 cm³/mol. The molecule has 98 valence electrons. The number of ether oxygens (including phenoxy) is 1. The minimum atomic E-state index is 0.460. The van der Waals surface area contributed by atoms with Gasteiger partial charge in [-0.3, -0.25) is 0 Å². The molecule has 18 heavy (non-hydrogen) atoms. The number of allylic oxidation sites excluding steroid dienone is 7. The van der Waals surface area contributed by atoms with Gasteiger partial charge in [0.15, 0.2) is 0 Å². The van der Waals surface area contributed by atoms with Crippen LogP contribution in [0.5, 0.6) is 0 Å². The van der Waals surface area contributed by atoms with Crippen LogP contribution < -0.4 is 0 Å². The van der Waals surface area contributed by atoms with Gasteiger partial charge in [-0.15, -0.1) is 0 Å². The summed E-state index contributed by atoms with van der Waals surface area (Å²) in [4.78, 5) is 0. The summed E-state index contributed by atoms with van der Waals surface area (Å²) >= 11 is 0. The van der Waals surface area contributed by atoms with E-state index in [9.17, 15) is 0 Å². The topological polar surface area (TPSA) is 9.23 Å². The fourth-order valence-electron chi connectivity index (χ4n) is 1.11. The molecule has 0 aliphatic carbocycles. The summed E-state index contributed by atoms with van der Waals surface area (Å²) in [7, 11) is 1.59.